The van der Waals surface area contributed by atoms with Gasteiger partial charge < -0.3 is 14.2 Å². The maximum Gasteiger partial charge on any atom is 0.338 e. The molecular formula is C20H22O5. The summed E-state index contributed by atoms with van der Waals surface area (Å²) in [5, 5.41) is 0. The smallest absolute Gasteiger partial charge is 0.338 e. The second-order valence-corrected chi connectivity index (χ2v) is 6.06. The lowest BCUT2D eigenvalue weighted by molar-refractivity contribution is 0.0367. The third-order valence-corrected chi connectivity index (χ3v) is 3.10. The molecule has 0 aliphatic carbocycles. The van der Waals surface area contributed by atoms with E-state index in [0.717, 1.165) is 0 Å². The zero-order valence-electron chi connectivity index (χ0n) is 14.8. The van der Waals surface area contributed by atoms with Gasteiger partial charge in [-0.3, -0.25) is 0 Å². The minimum Gasteiger partial charge on any atom is -0.459 e. The Morgan fingerprint density at radius 1 is 0.640 bits per heavy atom. The van der Waals surface area contributed by atoms with Crippen molar-refractivity contribution in [1.82, 2.24) is 0 Å². The molecule has 0 amide bonds. The lowest BCUT2D eigenvalue weighted by Gasteiger charge is -2.10. The minimum atomic E-state index is -0.366. The van der Waals surface area contributed by atoms with Gasteiger partial charge in [-0.2, -0.15) is 0 Å². The van der Waals surface area contributed by atoms with E-state index in [1.54, 1.807) is 76.2 Å². The number of carbonyl (C=O) groups excluding carboxylic acids is 2. The van der Waals surface area contributed by atoms with Crippen molar-refractivity contribution in [1.29, 1.82) is 0 Å². The topological polar surface area (TPSA) is 61.8 Å². The fraction of sp³-hybridized carbons (Fsp3) is 0.300. The molecule has 0 unspecified atom stereocenters. The first-order chi connectivity index (χ1) is 11.8. The van der Waals surface area contributed by atoms with Gasteiger partial charge in [-0.15, -0.1) is 0 Å². The summed E-state index contributed by atoms with van der Waals surface area (Å²) in [7, 11) is 0. The SMILES string of the molecule is CC(C)OC(=O)c1ccc(Oc2ccc(C(=O)OC(C)C)cc2)cc1. The van der Waals surface area contributed by atoms with Crippen LogP contribution in [0.5, 0.6) is 11.5 Å². The standard InChI is InChI=1S/C20H22O5/c1-13(2)23-19(21)15-5-9-17(10-6-15)25-18-11-7-16(8-12-18)20(22)24-14(3)4/h5-14H,1-4H3. The predicted molar refractivity (Wildman–Crippen MR) is 94.1 cm³/mol. The molecule has 2 aromatic carbocycles. The Morgan fingerprint density at radius 2 is 0.960 bits per heavy atom. The fourth-order valence-electron chi connectivity index (χ4n) is 2.02. The first kappa shape index (κ1) is 18.5. The highest BCUT2D eigenvalue weighted by Crippen LogP contribution is 2.22. The Labute approximate surface area is 147 Å². The Morgan fingerprint density at radius 3 is 1.24 bits per heavy atom. The number of rotatable bonds is 6. The molecule has 132 valence electrons. The van der Waals surface area contributed by atoms with Crippen molar-refractivity contribution in [2.24, 2.45) is 0 Å². The first-order valence-electron chi connectivity index (χ1n) is 8.15. The molecule has 25 heavy (non-hydrogen) atoms. The predicted octanol–water partition coefficient (Wildman–Crippen LogP) is 4.61. The summed E-state index contributed by atoms with van der Waals surface area (Å²) in [6.07, 6.45) is -0.325. The minimum absolute atomic E-state index is 0.163. The molecule has 0 aliphatic rings. The summed E-state index contributed by atoms with van der Waals surface area (Å²) >= 11 is 0. The lowest BCUT2D eigenvalue weighted by atomic mass is 10.2. The van der Waals surface area contributed by atoms with E-state index in [-0.39, 0.29) is 24.1 Å². The van der Waals surface area contributed by atoms with Crippen LogP contribution in [0.15, 0.2) is 48.5 Å². The van der Waals surface area contributed by atoms with E-state index >= 15 is 0 Å². The second kappa shape index (κ2) is 8.33. The Bertz CT molecular complexity index is 651. The molecule has 0 fully saturated rings. The molecule has 5 heteroatoms. The molecule has 0 bridgehead atoms. The van der Waals surface area contributed by atoms with Gasteiger partial charge in [0.1, 0.15) is 11.5 Å². The van der Waals surface area contributed by atoms with Crippen LogP contribution in [0.25, 0.3) is 0 Å². The van der Waals surface area contributed by atoms with Gasteiger partial charge in [0.15, 0.2) is 0 Å². The summed E-state index contributed by atoms with van der Waals surface area (Å²) in [5.41, 5.74) is 0.931. The van der Waals surface area contributed by atoms with Crippen molar-refractivity contribution < 1.29 is 23.8 Å². The molecule has 0 saturated heterocycles. The molecule has 0 atom stereocenters. The first-order valence-corrected chi connectivity index (χ1v) is 8.15. The number of ether oxygens (including phenoxy) is 3. The van der Waals surface area contributed by atoms with Crippen LogP contribution in [0, 0.1) is 0 Å². The zero-order valence-corrected chi connectivity index (χ0v) is 14.8. The van der Waals surface area contributed by atoms with Crippen LogP contribution in [-0.2, 0) is 9.47 Å². The van der Waals surface area contributed by atoms with Crippen molar-refractivity contribution in [3.63, 3.8) is 0 Å². The quantitative estimate of drug-likeness (QED) is 0.717. The number of hydrogen-bond donors (Lipinski definition) is 0. The number of hydrogen-bond acceptors (Lipinski definition) is 5. The summed E-state index contributed by atoms with van der Waals surface area (Å²) < 4.78 is 16.0. The highest BCUT2D eigenvalue weighted by Gasteiger charge is 2.11. The number of benzene rings is 2. The molecule has 2 aromatic rings. The van der Waals surface area contributed by atoms with E-state index in [2.05, 4.69) is 0 Å². The van der Waals surface area contributed by atoms with Gasteiger partial charge in [0.05, 0.1) is 23.3 Å². The monoisotopic (exact) mass is 342 g/mol. The van der Waals surface area contributed by atoms with Gasteiger partial charge in [0, 0.05) is 0 Å². The molecular weight excluding hydrogens is 320 g/mol. The highest BCUT2D eigenvalue weighted by molar-refractivity contribution is 5.90. The second-order valence-electron chi connectivity index (χ2n) is 6.06. The van der Waals surface area contributed by atoms with Crippen molar-refractivity contribution in [2.45, 2.75) is 39.9 Å². The van der Waals surface area contributed by atoms with Crippen LogP contribution in [0.4, 0.5) is 0 Å². The van der Waals surface area contributed by atoms with Gasteiger partial charge in [0.25, 0.3) is 0 Å². The van der Waals surface area contributed by atoms with E-state index < -0.39 is 0 Å². The molecule has 5 nitrogen and oxygen atoms in total. The molecule has 0 N–H and O–H groups in total. The Balaban J connectivity index is 2.00. The fourth-order valence-corrected chi connectivity index (χ4v) is 2.02. The maximum absolute atomic E-state index is 11.8. The largest absolute Gasteiger partial charge is 0.459 e. The summed E-state index contributed by atoms with van der Waals surface area (Å²) in [6.45, 7) is 7.21. The van der Waals surface area contributed by atoms with E-state index in [4.69, 9.17) is 14.2 Å². The molecule has 0 radical (unpaired) electrons. The highest BCUT2D eigenvalue weighted by atomic mass is 16.5. The van der Waals surface area contributed by atoms with Gasteiger partial charge >= 0.3 is 11.9 Å². The van der Waals surface area contributed by atoms with E-state index in [9.17, 15) is 9.59 Å². The van der Waals surface area contributed by atoms with E-state index in [1.165, 1.54) is 0 Å². The Kier molecular flexibility index (Phi) is 6.17. The van der Waals surface area contributed by atoms with Crippen LogP contribution >= 0.6 is 0 Å². The molecule has 0 aromatic heterocycles. The normalized spacial score (nSPS) is 10.6. The van der Waals surface area contributed by atoms with Crippen LogP contribution in [0.1, 0.15) is 48.4 Å². The zero-order chi connectivity index (χ0) is 18.4. The number of esters is 2. The van der Waals surface area contributed by atoms with Crippen LogP contribution in [0.3, 0.4) is 0 Å². The summed E-state index contributed by atoms with van der Waals surface area (Å²) in [6, 6.07) is 13.4. The average Bonchev–Trinajstić information content (AvgIpc) is 2.55. The molecule has 0 aliphatic heterocycles. The number of carbonyl (C=O) groups is 2. The maximum atomic E-state index is 11.8. The van der Waals surface area contributed by atoms with Crippen LogP contribution in [-0.4, -0.2) is 24.1 Å². The Hall–Kier alpha value is -2.82. The van der Waals surface area contributed by atoms with Gasteiger partial charge in [0.2, 0.25) is 0 Å². The van der Waals surface area contributed by atoms with E-state index in [1.807, 2.05) is 0 Å². The lowest BCUT2D eigenvalue weighted by Crippen LogP contribution is -2.11. The van der Waals surface area contributed by atoms with Crippen molar-refractivity contribution in [3.8, 4) is 11.5 Å². The van der Waals surface area contributed by atoms with Gasteiger partial charge in [-0.1, -0.05) is 0 Å². The van der Waals surface area contributed by atoms with Crippen LogP contribution in [0.2, 0.25) is 0 Å². The molecule has 0 saturated carbocycles. The third kappa shape index (κ3) is 5.64. The van der Waals surface area contributed by atoms with Gasteiger partial charge in [-0.25, -0.2) is 9.59 Å². The van der Waals surface area contributed by atoms with Crippen molar-refractivity contribution in [3.05, 3.63) is 59.7 Å². The average molecular weight is 342 g/mol. The third-order valence-electron chi connectivity index (χ3n) is 3.10. The molecule has 2 rings (SSSR count). The molecule has 0 heterocycles. The van der Waals surface area contributed by atoms with Crippen molar-refractivity contribution in [2.75, 3.05) is 0 Å². The van der Waals surface area contributed by atoms with Crippen molar-refractivity contribution >= 4 is 11.9 Å². The summed E-state index contributed by atoms with van der Waals surface area (Å²) in [5.74, 6) is 0.432. The summed E-state index contributed by atoms with van der Waals surface area (Å²) in [4.78, 5) is 23.6. The van der Waals surface area contributed by atoms with Gasteiger partial charge in [-0.05, 0) is 76.2 Å². The molecule has 0 spiro atoms. The van der Waals surface area contributed by atoms with E-state index in [0.29, 0.717) is 22.6 Å². The van der Waals surface area contributed by atoms with Crippen LogP contribution < -0.4 is 4.74 Å².